The van der Waals surface area contributed by atoms with Crippen molar-refractivity contribution in [2.75, 3.05) is 25.2 Å². The van der Waals surface area contributed by atoms with Gasteiger partial charge >= 0.3 is 0 Å². The van der Waals surface area contributed by atoms with E-state index in [1.165, 1.54) is 0 Å². The number of anilines is 1. The summed E-state index contributed by atoms with van der Waals surface area (Å²) in [5.74, 6) is 1.67. The highest BCUT2D eigenvalue weighted by molar-refractivity contribution is 5.57. The molecule has 0 aromatic heterocycles. The molecule has 0 atom stereocenters. The van der Waals surface area contributed by atoms with E-state index in [1.807, 2.05) is 6.07 Å². The lowest BCUT2D eigenvalue weighted by Gasteiger charge is -2.35. The first kappa shape index (κ1) is 12.6. The second kappa shape index (κ2) is 5.29. The topological polar surface area (TPSA) is 41.9 Å². The Morgan fingerprint density at radius 2 is 1.74 bits per heavy atom. The molecule has 1 aliphatic heterocycles. The van der Waals surface area contributed by atoms with Crippen LogP contribution in [0.2, 0.25) is 0 Å². The van der Waals surface area contributed by atoms with Crippen LogP contribution in [-0.2, 0) is 0 Å². The number of ether oxygens (including phenoxy) is 2. The maximum atomic E-state index is 9.58. The zero-order chi connectivity index (χ0) is 13.2. The predicted molar refractivity (Wildman–Crippen MR) is 74.1 cm³/mol. The highest BCUT2D eigenvalue weighted by atomic mass is 16.6. The Bertz CT molecular complexity index is 441. The van der Waals surface area contributed by atoms with Crippen molar-refractivity contribution in [3.63, 3.8) is 0 Å². The zero-order valence-corrected chi connectivity index (χ0v) is 11.3. The minimum Gasteiger partial charge on any atom is -0.486 e. The maximum Gasteiger partial charge on any atom is 0.163 e. The first-order valence-corrected chi connectivity index (χ1v) is 7.04. The van der Waals surface area contributed by atoms with Gasteiger partial charge in [0.05, 0.1) is 6.10 Å². The molecule has 4 nitrogen and oxygen atoms in total. The lowest BCUT2D eigenvalue weighted by Crippen LogP contribution is -2.36. The summed E-state index contributed by atoms with van der Waals surface area (Å²) in [5.41, 5.74) is 1.16. The quantitative estimate of drug-likeness (QED) is 0.888. The number of benzene rings is 1. The molecular formula is C15H21NO3. The van der Waals surface area contributed by atoms with Crippen LogP contribution in [0.3, 0.4) is 0 Å². The molecule has 1 saturated carbocycles. The Labute approximate surface area is 113 Å². The fraction of sp³-hybridized carbons (Fsp3) is 0.600. The van der Waals surface area contributed by atoms with E-state index in [9.17, 15) is 5.11 Å². The first-order chi connectivity index (χ1) is 9.24. The second-order valence-corrected chi connectivity index (χ2v) is 5.40. The van der Waals surface area contributed by atoms with E-state index in [1.54, 1.807) is 0 Å². The number of aliphatic hydroxyl groups excluding tert-OH is 1. The molecule has 19 heavy (non-hydrogen) atoms. The summed E-state index contributed by atoms with van der Waals surface area (Å²) < 4.78 is 11.2. The molecule has 1 N–H and O–H groups in total. The Morgan fingerprint density at radius 1 is 1.05 bits per heavy atom. The van der Waals surface area contributed by atoms with Crippen molar-refractivity contribution in [2.24, 2.45) is 0 Å². The number of nitrogens with zero attached hydrogens (tertiary/aromatic N) is 1. The molecule has 2 aliphatic rings. The van der Waals surface area contributed by atoms with Crippen molar-refractivity contribution in [3.8, 4) is 11.5 Å². The normalized spacial score (nSPS) is 26.0. The van der Waals surface area contributed by atoms with Gasteiger partial charge in [-0.05, 0) is 37.8 Å². The molecule has 0 unspecified atom stereocenters. The maximum absolute atomic E-state index is 9.58. The molecule has 0 saturated heterocycles. The van der Waals surface area contributed by atoms with Crippen molar-refractivity contribution in [3.05, 3.63) is 18.2 Å². The van der Waals surface area contributed by atoms with E-state index in [4.69, 9.17) is 9.47 Å². The number of hydrogen-bond donors (Lipinski definition) is 1. The summed E-state index contributed by atoms with van der Waals surface area (Å²) in [6, 6.07) is 6.63. The Balaban J connectivity index is 1.74. The summed E-state index contributed by atoms with van der Waals surface area (Å²) in [5, 5.41) is 9.58. The fourth-order valence-corrected chi connectivity index (χ4v) is 2.91. The van der Waals surface area contributed by atoms with Crippen LogP contribution in [0.1, 0.15) is 25.7 Å². The Hall–Kier alpha value is -1.42. The van der Waals surface area contributed by atoms with E-state index in [0.29, 0.717) is 19.3 Å². The van der Waals surface area contributed by atoms with Crippen LogP contribution in [0.5, 0.6) is 11.5 Å². The molecule has 104 valence electrons. The molecule has 1 aromatic rings. The molecule has 3 rings (SSSR count). The number of aliphatic hydroxyl groups is 1. The third-order valence-electron chi connectivity index (χ3n) is 4.15. The Kier molecular flexibility index (Phi) is 3.51. The van der Waals surface area contributed by atoms with Gasteiger partial charge in [-0.25, -0.2) is 0 Å². The third-order valence-corrected chi connectivity index (χ3v) is 4.15. The minimum atomic E-state index is -0.107. The molecular weight excluding hydrogens is 242 g/mol. The van der Waals surface area contributed by atoms with Gasteiger partial charge in [0.15, 0.2) is 11.5 Å². The molecule has 0 amide bonds. The van der Waals surface area contributed by atoms with Gasteiger partial charge in [-0.1, -0.05) is 0 Å². The number of rotatable bonds is 2. The summed E-state index contributed by atoms with van der Waals surface area (Å²) >= 11 is 0. The number of fused-ring (bicyclic) bond motifs is 1. The molecule has 0 spiro atoms. The highest BCUT2D eigenvalue weighted by Crippen LogP contribution is 2.35. The van der Waals surface area contributed by atoms with Crippen molar-refractivity contribution in [2.45, 2.75) is 37.8 Å². The molecule has 0 radical (unpaired) electrons. The van der Waals surface area contributed by atoms with E-state index in [-0.39, 0.29) is 6.10 Å². The number of hydrogen-bond acceptors (Lipinski definition) is 4. The average molecular weight is 263 g/mol. The van der Waals surface area contributed by atoms with Crippen LogP contribution in [-0.4, -0.2) is 37.5 Å². The van der Waals surface area contributed by atoms with Gasteiger partial charge in [-0.2, -0.15) is 0 Å². The van der Waals surface area contributed by atoms with Crippen molar-refractivity contribution >= 4 is 5.69 Å². The summed E-state index contributed by atoms with van der Waals surface area (Å²) in [6.45, 7) is 1.25. The van der Waals surface area contributed by atoms with Gasteiger partial charge in [-0.15, -0.1) is 0 Å². The van der Waals surface area contributed by atoms with Gasteiger partial charge in [0.2, 0.25) is 0 Å². The molecule has 0 bridgehead atoms. The largest absolute Gasteiger partial charge is 0.486 e. The van der Waals surface area contributed by atoms with Crippen LogP contribution < -0.4 is 14.4 Å². The lowest BCUT2D eigenvalue weighted by atomic mass is 9.92. The summed E-state index contributed by atoms with van der Waals surface area (Å²) in [6.07, 6.45) is 3.79. The van der Waals surface area contributed by atoms with Crippen LogP contribution >= 0.6 is 0 Å². The van der Waals surface area contributed by atoms with Crippen LogP contribution in [0, 0.1) is 0 Å². The van der Waals surface area contributed by atoms with Crippen LogP contribution in [0.25, 0.3) is 0 Å². The molecule has 4 heteroatoms. The first-order valence-electron chi connectivity index (χ1n) is 7.04. The van der Waals surface area contributed by atoms with Gasteiger partial charge in [0, 0.05) is 24.8 Å². The van der Waals surface area contributed by atoms with Gasteiger partial charge in [-0.3, -0.25) is 0 Å². The van der Waals surface area contributed by atoms with E-state index < -0.39 is 0 Å². The third kappa shape index (κ3) is 2.63. The van der Waals surface area contributed by atoms with E-state index in [2.05, 4.69) is 24.1 Å². The monoisotopic (exact) mass is 263 g/mol. The molecule has 1 fully saturated rings. The van der Waals surface area contributed by atoms with Gasteiger partial charge < -0.3 is 19.5 Å². The van der Waals surface area contributed by atoms with Crippen molar-refractivity contribution < 1.29 is 14.6 Å². The predicted octanol–water partition coefficient (Wildman–Crippen LogP) is 2.20. The smallest absolute Gasteiger partial charge is 0.163 e. The van der Waals surface area contributed by atoms with E-state index in [0.717, 1.165) is 42.9 Å². The fourth-order valence-electron chi connectivity index (χ4n) is 2.91. The molecule has 1 aromatic carbocycles. The van der Waals surface area contributed by atoms with Crippen molar-refractivity contribution in [1.29, 1.82) is 0 Å². The van der Waals surface area contributed by atoms with Gasteiger partial charge in [0.1, 0.15) is 13.2 Å². The zero-order valence-electron chi connectivity index (χ0n) is 11.3. The molecule has 1 heterocycles. The average Bonchev–Trinajstić information content (AvgIpc) is 2.47. The SMILES string of the molecule is CN(c1ccc2c(c1)OCCO2)C1CCC(O)CC1. The highest BCUT2D eigenvalue weighted by Gasteiger charge is 2.23. The standard InChI is InChI=1S/C15H21NO3/c1-16(11-2-5-13(17)6-3-11)12-4-7-14-15(10-12)19-9-8-18-14/h4,7,10-11,13,17H,2-3,5-6,8-9H2,1H3. The minimum absolute atomic E-state index is 0.107. The van der Waals surface area contributed by atoms with Crippen LogP contribution in [0.4, 0.5) is 5.69 Å². The van der Waals surface area contributed by atoms with E-state index >= 15 is 0 Å². The van der Waals surface area contributed by atoms with Crippen LogP contribution in [0.15, 0.2) is 18.2 Å². The summed E-state index contributed by atoms with van der Waals surface area (Å²) in [4.78, 5) is 2.30. The Morgan fingerprint density at radius 3 is 2.47 bits per heavy atom. The van der Waals surface area contributed by atoms with Crippen molar-refractivity contribution in [1.82, 2.24) is 0 Å². The second-order valence-electron chi connectivity index (χ2n) is 5.40. The van der Waals surface area contributed by atoms with Gasteiger partial charge in [0.25, 0.3) is 0 Å². The molecule has 1 aliphatic carbocycles. The lowest BCUT2D eigenvalue weighted by molar-refractivity contribution is 0.122. The summed E-state index contributed by atoms with van der Waals surface area (Å²) in [7, 11) is 2.12.